The normalized spacial score (nSPS) is 20.8. The number of carbonyl (C=O) groups is 1. The highest BCUT2D eigenvalue weighted by Gasteiger charge is 2.29. The number of phenolic OH excluding ortho intramolecular Hbond substituents is 1. The Morgan fingerprint density at radius 2 is 1.88 bits per heavy atom. The fourth-order valence-corrected chi connectivity index (χ4v) is 3.73. The van der Waals surface area contributed by atoms with E-state index in [2.05, 4.69) is 24.3 Å². The Balaban J connectivity index is 1.68. The van der Waals surface area contributed by atoms with E-state index in [4.69, 9.17) is 5.73 Å². The molecule has 0 aromatic heterocycles. The predicted octanol–water partition coefficient (Wildman–Crippen LogP) is 4.32. The van der Waals surface area contributed by atoms with Crippen LogP contribution < -0.4 is 5.73 Å². The molecule has 0 atom stereocenters. The molecule has 0 amide bonds. The van der Waals surface area contributed by atoms with E-state index in [0.29, 0.717) is 18.0 Å². The van der Waals surface area contributed by atoms with Crippen LogP contribution in [-0.2, 0) is 6.54 Å². The van der Waals surface area contributed by atoms with E-state index in [1.54, 1.807) is 12.1 Å². The number of aryl methyl sites for hydroxylation is 1. The third kappa shape index (κ3) is 3.51. The lowest BCUT2D eigenvalue weighted by Gasteiger charge is -2.28. The minimum absolute atomic E-state index is 0.0200. The lowest BCUT2D eigenvalue weighted by atomic mass is 9.76. The Hall–Kier alpha value is -2.13. The first-order valence-corrected chi connectivity index (χ1v) is 8.71. The standard InChI is InChI=1S/C21H25NO2/c1-14-5-10-20(23)19(11-14)21(24)17-8-6-16(7-9-17)18-4-2-3-15(12-18)13-22/h2-5,10-12,16-17,23H,6-9,13,22H2,1H3. The molecule has 2 aromatic rings. The first-order chi connectivity index (χ1) is 11.6. The van der Waals surface area contributed by atoms with E-state index in [-0.39, 0.29) is 17.5 Å². The number of nitrogens with two attached hydrogens (primary N) is 1. The van der Waals surface area contributed by atoms with Crippen LogP contribution in [0.3, 0.4) is 0 Å². The lowest BCUT2D eigenvalue weighted by molar-refractivity contribution is 0.0881. The molecule has 0 saturated heterocycles. The fraction of sp³-hybridized carbons (Fsp3) is 0.381. The first-order valence-electron chi connectivity index (χ1n) is 8.71. The third-order valence-electron chi connectivity index (χ3n) is 5.17. The van der Waals surface area contributed by atoms with Crippen molar-refractivity contribution in [3.63, 3.8) is 0 Å². The molecule has 0 radical (unpaired) electrons. The van der Waals surface area contributed by atoms with Crippen molar-refractivity contribution in [3.05, 3.63) is 64.7 Å². The quantitative estimate of drug-likeness (QED) is 0.824. The van der Waals surface area contributed by atoms with Gasteiger partial charge in [0.2, 0.25) is 0 Å². The summed E-state index contributed by atoms with van der Waals surface area (Å²) in [5.74, 6) is 0.715. The van der Waals surface area contributed by atoms with Crippen molar-refractivity contribution in [1.82, 2.24) is 0 Å². The van der Waals surface area contributed by atoms with Gasteiger partial charge < -0.3 is 10.8 Å². The van der Waals surface area contributed by atoms with E-state index in [1.165, 1.54) is 5.56 Å². The molecule has 0 spiro atoms. The molecule has 126 valence electrons. The van der Waals surface area contributed by atoms with Crippen molar-refractivity contribution in [2.45, 2.75) is 45.1 Å². The van der Waals surface area contributed by atoms with E-state index in [1.807, 2.05) is 13.0 Å². The molecule has 0 unspecified atom stereocenters. The number of carbonyl (C=O) groups excluding carboxylic acids is 1. The van der Waals surface area contributed by atoms with Gasteiger partial charge in [0.05, 0.1) is 5.56 Å². The number of rotatable bonds is 4. The molecular formula is C21H25NO2. The number of benzene rings is 2. The van der Waals surface area contributed by atoms with Crippen molar-refractivity contribution >= 4 is 5.78 Å². The minimum atomic E-state index is 0.0200. The smallest absolute Gasteiger partial charge is 0.169 e. The van der Waals surface area contributed by atoms with Crippen molar-refractivity contribution in [2.24, 2.45) is 11.7 Å². The van der Waals surface area contributed by atoms with Gasteiger partial charge in [-0.25, -0.2) is 0 Å². The Morgan fingerprint density at radius 1 is 1.12 bits per heavy atom. The maximum absolute atomic E-state index is 12.7. The molecule has 24 heavy (non-hydrogen) atoms. The Bertz CT molecular complexity index is 730. The molecule has 1 aliphatic carbocycles. The van der Waals surface area contributed by atoms with Gasteiger partial charge in [0.15, 0.2) is 5.78 Å². The summed E-state index contributed by atoms with van der Waals surface area (Å²) in [6.45, 7) is 2.51. The van der Waals surface area contributed by atoms with Gasteiger partial charge in [-0.2, -0.15) is 0 Å². The van der Waals surface area contributed by atoms with Crippen molar-refractivity contribution in [2.75, 3.05) is 0 Å². The highest BCUT2D eigenvalue weighted by Crippen LogP contribution is 2.38. The summed E-state index contributed by atoms with van der Waals surface area (Å²) < 4.78 is 0. The molecule has 3 rings (SSSR count). The van der Waals surface area contributed by atoms with Crippen LogP contribution in [0.15, 0.2) is 42.5 Å². The van der Waals surface area contributed by atoms with E-state index < -0.39 is 0 Å². The van der Waals surface area contributed by atoms with Crippen LogP contribution >= 0.6 is 0 Å². The zero-order valence-electron chi connectivity index (χ0n) is 14.2. The molecule has 0 aliphatic heterocycles. The molecule has 2 aromatic carbocycles. The van der Waals surface area contributed by atoms with Gasteiger partial charge in [-0.05, 0) is 61.8 Å². The largest absolute Gasteiger partial charge is 0.507 e. The summed E-state index contributed by atoms with van der Waals surface area (Å²) in [7, 11) is 0. The van der Waals surface area contributed by atoms with E-state index in [9.17, 15) is 9.90 Å². The first kappa shape index (κ1) is 16.7. The highest BCUT2D eigenvalue weighted by molar-refractivity contribution is 6.00. The molecule has 1 aliphatic rings. The van der Waals surface area contributed by atoms with Gasteiger partial charge in [-0.15, -0.1) is 0 Å². The second kappa shape index (κ2) is 7.18. The van der Waals surface area contributed by atoms with Crippen molar-refractivity contribution in [1.29, 1.82) is 0 Å². The average molecular weight is 323 g/mol. The summed E-state index contributed by atoms with van der Waals surface area (Å²) >= 11 is 0. The molecule has 3 N–H and O–H groups in total. The van der Waals surface area contributed by atoms with Crippen LogP contribution in [0.1, 0.15) is 58.6 Å². The van der Waals surface area contributed by atoms with Crippen LogP contribution in [0, 0.1) is 12.8 Å². The molecule has 0 bridgehead atoms. The number of ketones is 1. The summed E-state index contributed by atoms with van der Waals surface area (Å²) in [5, 5.41) is 9.99. The number of hydrogen-bond acceptors (Lipinski definition) is 3. The monoisotopic (exact) mass is 323 g/mol. The molecular weight excluding hydrogens is 298 g/mol. The number of hydrogen-bond donors (Lipinski definition) is 2. The Morgan fingerprint density at radius 3 is 2.58 bits per heavy atom. The van der Waals surface area contributed by atoms with Gasteiger partial charge in [0.25, 0.3) is 0 Å². The lowest BCUT2D eigenvalue weighted by Crippen LogP contribution is -2.21. The van der Waals surface area contributed by atoms with Gasteiger partial charge in [0.1, 0.15) is 5.75 Å². The zero-order valence-corrected chi connectivity index (χ0v) is 14.2. The second-order valence-electron chi connectivity index (χ2n) is 6.88. The molecule has 0 heterocycles. The molecule has 3 nitrogen and oxygen atoms in total. The summed E-state index contributed by atoms with van der Waals surface area (Å²) in [6, 6.07) is 13.7. The Kier molecular flexibility index (Phi) is 5.00. The third-order valence-corrected chi connectivity index (χ3v) is 5.17. The van der Waals surface area contributed by atoms with Crippen LogP contribution in [-0.4, -0.2) is 10.9 Å². The van der Waals surface area contributed by atoms with Crippen LogP contribution in [0.4, 0.5) is 0 Å². The van der Waals surface area contributed by atoms with E-state index >= 15 is 0 Å². The van der Waals surface area contributed by atoms with Crippen LogP contribution in [0.25, 0.3) is 0 Å². The Labute approximate surface area is 143 Å². The SMILES string of the molecule is Cc1ccc(O)c(C(=O)C2CCC(c3cccc(CN)c3)CC2)c1. The van der Waals surface area contributed by atoms with Crippen LogP contribution in [0.2, 0.25) is 0 Å². The topological polar surface area (TPSA) is 63.3 Å². The van der Waals surface area contributed by atoms with Gasteiger partial charge >= 0.3 is 0 Å². The van der Waals surface area contributed by atoms with Crippen molar-refractivity contribution in [3.8, 4) is 5.75 Å². The predicted molar refractivity (Wildman–Crippen MR) is 96.2 cm³/mol. The molecule has 1 fully saturated rings. The number of Topliss-reactive ketones (excluding diaryl/α,β-unsaturated/α-hetero) is 1. The zero-order chi connectivity index (χ0) is 17.1. The van der Waals surface area contributed by atoms with Gasteiger partial charge in [-0.3, -0.25) is 4.79 Å². The maximum Gasteiger partial charge on any atom is 0.169 e. The number of aromatic hydroxyl groups is 1. The summed E-state index contributed by atoms with van der Waals surface area (Å²) in [6.07, 6.45) is 3.78. The molecule has 3 heteroatoms. The van der Waals surface area contributed by atoms with Crippen LogP contribution in [0.5, 0.6) is 5.75 Å². The maximum atomic E-state index is 12.7. The van der Waals surface area contributed by atoms with Gasteiger partial charge in [-0.1, -0.05) is 35.9 Å². The number of phenols is 1. The minimum Gasteiger partial charge on any atom is -0.507 e. The molecule has 1 saturated carbocycles. The fourth-order valence-electron chi connectivity index (χ4n) is 3.73. The van der Waals surface area contributed by atoms with Gasteiger partial charge in [0, 0.05) is 12.5 Å². The van der Waals surface area contributed by atoms with Crippen molar-refractivity contribution < 1.29 is 9.90 Å². The summed E-state index contributed by atoms with van der Waals surface area (Å²) in [5.41, 5.74) is 9.71. The second-order valence-corrected chi connectivity index (χ2v) is 6.88. The summed E-state index contributed by atoms with van der Waals surface area (Å²) in [4.78, 5) is 12.7. The average Bonchev–Trinajstić information content (AvgIpc) is 2.63. The van der Waals surface area contributed by atoms with E-state index in [0.717, 1.165) is 36.8 Å². The highest BCUT2D eigenvalue weighted by atomic mass is 16.3.